The molecule has 0 atom stereocenters. The molecule has 0 saturated heterocycles. The van der Waals surface area contributed by atoms with Crippen molar-refractivity contribution in [3.63, 3.8) is 0 Å². The van der Waals surface area contributed by atoms with Gasteiger partial charge < -0.3 is 21.4 Å². The molecule has 0 bridgehead atoms. The van der Waals surface area contributed by atoms with Crippen molar-refractivity contribution in [3.05, 3.63) is 0 Å². The Morgan fingerprint density at radius 2 is 1.88 bits per heavy atom. The topological polar surface area (TPSA) is 108 Å². The zero-order chi connectivity index (χ0) is 13.1. The van der Waals surface area contributed by atoms with Crippen molar-refractivity contribution in [2.24, 2.45) is 16.3 Å². The molecule has 0 spiro atoms. The number of nitrogens with zero attached hydrogens (tertiary/aromatic N) is 1. The highest BCUT2D eigenvalue weighted by atomic mass is 16.4. The highest BCUT2D eigenvalue weighted by Gasteiger charge is 2.34. The number of nitrogens with one attached hydrogen (secondary N) is 1. The van der Waals surface area contributed by atoms with Crippen LogP contribution in [0.3, 0.4) is 0 Å². The van der Waals surface area contributed by atoms with E-state index in [-0.39, 0.29) is 23.9 Å². The second-order valence-electron chi connectivity index (χ2n) is 5.09. The first-order valence-corrected chi connectivity index (χ1v) is 5.85. The number of amides is 1. The summed E-state index contributed by atoms with van der Waals surface area (Å²) >= 11 is 0. The van der Waals surface area contributed by atoms with Crippen molar-refractivity contribution < 1.29 is 15.1 Å². The molecule has 0 aliphatic heterocycles. The minimum atomic E-state index is -1.02. The van der Waals surface area contributed by atoms with E-state index in [9.17, 15) is 9.90 Å². The Bertz CT molecular complexity index is 307. The molecule has 0 unspecified atom stereocenters. The van der Waals surface area contributed by atoms with Gasteiger partial charge in [0.1, 0.15) is 5.41 Å². The SMILES string of the molecule is CC(C)(C(=O)NC1CCC(O)CC1)C(N)=NO. The molecule has 0 aromatic carbocycles. The fourth-order valence-electron chi connectivity index (χ4n) is 1.83. The molecular weight excluding hydrogens is 222 g/mol. The number of nitrogens with two attached hydrogens (primary N) is 1. The van der Waals surface area contributed by atoms with Crippen molar-refractivity contribution in [2.45, 2.75) is 51.7 Å². The van der Waals surface area contributed by atoms with Gasteiger partial charge in [0.2, 0.25) is 5.91 Å². The van der Waals surface area contributed by atoms with Crippen LogP contribution in [0.5, 0.6) is 0 Å². The quantitative estimate of drug-likeness (QED) is 0.245. The number of hydrogen-bond acceptors (Lipinski definition) is 4. The van der Waals surface area contributed by atoms with Crippen LogP contribution in [-0.4, -0.2) is 34.2 Å². The Balaban J connectivity index is 2.54. The zero-order valence-electron chi connectivity index (χ0n) is 10.3. The van der Waals surface area contributed by atoms with E-state index in [1.807, 2.05) is 0 Å². The summed E-state index contributed by atoms with van der Waals surface area (Å²) < 4.78 is 0. The number of aliphatic hydroxyl groups is 1. The summed E-state index contributed by atoms with van der Waals surface area (Å²) in [5, 5.41) is 23.7. The maximum absolute atomic E-state index is 12.0. The van der Waals surface area contributed by atoms with Crippen molar-refractivity contribution >= 4 is 11.7 Å². The molecular formula is C11H21N3O3. The van der Waals surface area contributed by atoms with Crippen LogP contribution in [0.4, 0.5) is 0 Å². The van der Waals surface area contributed by atoms with Gasteiger partial charge in [-0.1, -0.05) is 5.16 Å². The Labute approximate surface area is 101 Å². The van der Waals surface area contributed by atoms with Crippen LogP contribution in [0.1, 0.15) is 39.5 Å². The van der Waals surface area contributed by atoms with Gasteiger partial charge in [0.05, 0.1) is 6.10 Å². The van der Waals surface area contributed by atoms with Gasteiger partial charge in [-0.05, 0) is 39.5 Å². The number of hydrogen-bond donors (Lipinski definition) is 4. The number of aliphatic hydroxyl groups excluding tert-OH is 1. The van der Waals surface area contributed by atoms with E-state index < -0.39 is 5.41 Å². The van der Waals surface area contributed by atoms with E-state index >= 15 is 0 Å². The molecule has 1 saturated carbocycles. The summed E-state index contributed by atoms with van der Waals surface area (Å²) in [6.45, 7) is 3.21. The highest BCUT2D eigenvalue weighted by Crippen LogP contribution is 2.21. The summed E-state index contributed by atoms with van der Waals surface area (Å²) in [4.78, 5) is 12.0. The number of rotatable bonds is 3. The summed E-state index contributed by atoms with van der Waals surface area (Å²) in [5.41, 5.74) is 4.45. The fraction of sp³-hybridized carbons (Fsp3) is 0.818. The van der Waals surface area contributed by atoms with E-state index in [2.05, 4.69) is 10.5 Å². The van der Waals surface area contributed by atoms with Gasteiger partial charge in [0, 0.05) is 6.04 Å². The van der Waals surface area contributed by atoms with Crippen LogP contribution >= 0.6 is 0 Å². The van der Waals surface area contributed by atoms with Crippen molar-refractivity contribution in [2.75, 3.05) is 0 Å². The largest absolute Gasteiger partial charge is 0.409 e. The van der Waals surface area contributed by atoms with Crippen LogP contribution in [0, 0.1) is 5.41 Å². The lowest BCUT2D eigenvalue weighted by Crippen LogP contribution is -2.50. The first-order valence-electron chi connectivity index (χ1n) is 5.85. The number of oxime groups is 1. The third-order valence-corrected chi connectivity index (χ3v) is 3.35. The molecule has 0 aromatic heterocycles. The lowest BCUT2D eigenvalue weighted by Gasteiger charge is -2.30. The third-order valence-electron chi connectivity index (χ3n) is 3.35. The molecule has 0 aromatic rings. The van der Waals surface area contributed by atoms with Crippen molar-refractivity contribution in [3.8, 4) is 0 Å². The highest BCUT2D eigenvalue weighted by molar-refractivity contribution is 6.05. The minimum Gasteiger partial charge on any atom is -0.409 e. The average Bonchev–Trinajstić information content (AvgIpc) is 2.30. The van der Waals surface area contributed by atoms with Crippen LogP contribution in [0.2, 0.25) is 0 Å². The van der Waals surface area contributed by atoms with Crippen molar-refractivity contribution in [1.29, 1.82) is 0 Å². The number of amidine groups is 1. The van der Waals surface area contributed by atoms with E-state index in [4.69, 9.17) is 10.9 Å². The Morgan fingerprint density at radius 1 is 1.35 bits per heavy atom. The van der Waals surface area contributed by atoms with Crippen LogP contribution in [-0.2, 0) is 4.79 Å². The standard InChI is InChI=1S/C11H21N3O3/c1-11(2,9(12)14-17)10(16)13-7-3-5-8(15)6-4-7/h7-8,15,17H,3-6H2,1-2H3,(H2,12,14)(H,13,16). The lowest BCUT2D eigenvalue weighted by atomic mass is 9.88. The van der Waals surface area contributed by atoms with Gasteiger partial charge >= 0.3 is 0 Å². The summed E-state index contributed by atoms with van der Waals surface area (Å²) in [6, 6.07) is 0.0664. The summed E-state index contributed by atoms with van der Waals surface area (Å²) in [7, 11) is 0. The molecule has 5 N–H and O–H groups in total. The molecule has 98 valence electrons. The number of carbonyl (C=O) groups excluding carboxylic acids is 1. The van der Waals surface area contributed by atoms with Crippen LogP contribution in [0.25, 0.3) is 0 Å². The van der Waals surface area contributed by atoms with E-state index in [1.165, 1.54) is 0 Å². The molecule has 0 heterocycles. The molecule has 1 aliphatic rings. The maximum Gasteiger partial charge on any atom is 0.233 e. The fourth-order valence-corrected chi connectivity index (χ4v) is 1.83. The Kier molecular flexibility index (Phi) is 4.34. The first-order chi connectivity index (χ1) is 7.87. The van der Waals surface area contributed by atoms with Crippen LogP contribution < -0.4 is 11.1 Å². The smallest absolute Gasteiger partial charge is 0.233 e. The molecule has 1 amide bonds. The van der Waals surface area contributed by atoms with E-state index in [1.54, 1.807) is 13.8 Å². The van der Waals surface area contributed by atoms with Crippen LogP contribution in [0.15, 0.2) is 5.16 Å². The van der Waals surface area contributed by atoms with Gasteiger partial charge in [0.25, 0.3) is 0 Å². The van der Waals surface area contributed by atoms with E-state index in [0.717, 1.165) is 12.8 Å². The Morgan fingerprint density at radius 3 is 2.35 bits per heavy atom. The molecule has 1 rings (SSSR count). The van der Waals surface area contributed by atoms with Gasteiger partial charge in [-0.2, -0.15) is 0 Å². The predicted octanol–water partition coefficient (Wildman–Crippen LogP) is 0.179. The number of carbonyl (C=O) groups is 1. The summed E-state index contributed by atoms with van der Waals surface area (Å²) in [6.07, 6.45) is 2.68. The molecule has 17 heavy (non-hydrogen) atoms. The second-order valence-corrected chi connectivity index (χ2v) is 5.09. The normalized spacial score (nSPS) is 26.6. The lowest BCUT2D eigenvalue weighted by molar-refractivity contribution is -0.127. The second kappa shape index (κ2) is 5.35. The summed E-state index contributed by atoms with van der Waals surface area (Å²) in [5.74, 6) is -0.361. The van der Waals surface area contributed by atoms with E-state index in [0.29, 0.717) is 12.8 Å². The monoisotopic (exact) mass is 243 g/mol. The predicted molar refractivity (Wildman–Crippen MR) is 63.6 cm³/mol. The van der Waals surface area contributed by atoms with Crippen molar-refractivity contribution in [1.82, 2.24) is 5.32 Å². The average molecular weight is 243 g/mol. The maximum atomic E-state index is 12.0. The zero-order valence-corrected chi connectivity index (χ0v) is 10.3. The minimum absolute atomic E-state index is 0.0664. The molecule has 6 heteroatoms. The molecule has 0 radical (unpaired) electrons. The van der Waals surface area contributed by atoms with Gasteiger partial charge in [-0.3, -0.25) is 4.79 Å². The Hall–Kier alpha value is -1.30. The first kappa shape index (κ1) is 13.8. The third kappa shape index (κ3) is 3.33. The molecule has 1 aliphatic carbocycles. The molecule has 6 nitrogen and oxygen atoms in total. The molecule has 1 fully saturated rings. The van der Waals surface area contributed by atoms with Gasteiger partial charge in [-0.25, -0.2) is 0 Å². The van der Waals surface area contributed by atoms with Gasteiger partial charge in [0.15, 0.2) is 5.84 Å². The van der Waals surface area contributed by atoms with Gasteiger partial charge in [-0.15, -0.1) is 0 Å².